The molecule has 1 aromatic carbocycles. The third kappa shape index (κ3) is 4.43. The van der Waals surface area contributed by atoms with E-state index in [4.69, 9.17) is 4.74 Å². The van der Waals surface area contributed by atoms with E-state index in [1.54, 1.807) is 44.2 Å². The first-order chi connectivity index (χ1) is 10.9. The molecule has 0 spiro atoms. The lowest BCUT2D eigenvalue weighted by atomic mass is 10.00. The summed E-state index contributed by atoms with van der Waals surface area (Å²) in [6.07, 6.45) is 6.39. The Bertz CT molecular complexity index is 705. The number of carbonyl (C=O) groups excluding carboxylic acids is 1. The zero-order chi connectivity index (χ0) is 16.9. The van der Waals surface area contributed by atoms with E-state index in [-0.39, 0.29) is 12.5 Å². The second kappa shape index (κ2) is 7.11. The summed E-state index contributed by atoms with van der Waals surface area (Å²) >= 11 is 0. The van der Waals surface area contributed by atoms with Gasteiger partial charge in [-0.3, -0.25) is 9.48 Å². The monoisotopic (exact) mass is 315 g/mol. The summed E-state index contributed by atoms with van der Waals surface area (Å²) < 4.78 is 6.82. The molecule has 2 rings (SSSR count). The Labute approximate surface area is 135 Å². The van der Waals surface area contributed by atoms with Gasteiger partial charge in [0.1, 0.15) is 11.4 Å². The maximum absolute atomic E-state index is 11.9. The highest BCUT2D eigenvalue weighted by Crippen LogP contribution is 2.19. The zero-order valence-electron chi connectivity index (χ0n) is 13.5. The second-order valence-electron chi connectivity index (χ2n) is 5.47. The lowest BCUT2D eigenvalue weighted by Gasteiger charge is -2.21. The molecule has 0 fully saturated rings. The molecule has 2 aromatic rings. The first-order valence-electron chi connectivity index (χ1n) is 7.23. The molecule has 1 heterocycles. The lowest BCUT2D eigenvalue weighted by molar-refractivity contribution is -0.117. The normalized spacial score (nSPS) is 13.7. The van der Waals surface area contributed by atoms with Gasteiger partial charge < -0.3 is 15.2 Å². The summed E-state index contributed by atoms with van der Waals surface area (Å²) in [5.41, 5.74) is 0.278. The lowest BCUT2D eigenvalue weighted by Crippen LogP contribution is -2.37. The van der Waals surface area contributed by atoms with Crippen molar-refractivity contribution in [3.63, 3.8) is 0 Å². The third-order valence-corrected chi connectivity index (χ3v) is 3.49. The Morgan fingerprint density at radius 3 is 2.87 bits per heavy atom. The number of nitrogens with zero attached hydrogens (tertiary/aromatic N) is 2. The van der Waals surface area contributed by atoms with Crippen LogP contribution >= 0.6 is 0 Å². The van der Waals surface area contributed by atoms with Gasteiger partial charge in [0.2, 0.25) is 5.91 Å². The molecule has 6 heteroatoms. The molecule has 122 valence electrons. The van der Waals surface area contributed by atoms with Crippen LogP contribution in [0.3, 0.4) is 0 Å². The van der Waals surface area contributed by atoms with Gasteiger partial charge in [0.05, 0.1) is 19.9 Å². The van der Waals surface area contributed by atoms with Crippen molar-refractivity contribution in [2.24, 2.45) is 7.05 Å². The number of hydrogen-bond donors (Lipinski definition) is 2. The molecule has 0 saturated heterocycles. The van der Waals surface area contributed by atoms with Gasteiger partial charge in [0.25, 0.3) is 0 Å². The Morgan fingerprint density at radius 2 is 2.22 bits per heavy atom. The topological polar surface area (TPSA) is 76.4 Å². The van der Waals surface area contributed by atoms with Crippen LogP contribution in [0.5, 0.6) is 5.75 Å². The van der Waals surface area contributed by atoms with Crippen molar-refractivity contribution < 1.29 is 14.6 Å². The number of amides is 1. The van der Waals surface area contributed by atoms with Gasteiger partial charge in [-0.2, -0.15) is 5.10 Å². The number of aryl methyl sites for hydroxylation is 1. The van der Waals surface area contributed by atoms with Crippen molar-refractivity contribution in [3.05, 3.63) is 53.9 Å². The first kappa shape index (κ1) is 16.8. The molecule has 0 aliphatic carbocycles. The molecule has 0 aliphatic rings. The third-order valence-electron chi connectivity index (χ3n) is 3.49. The van der Waals surface area contributed by atoms with E-state index >= 15 is 0 Å². The van der Waals surface area contributed by atoms with Crippen molar-refractivity contribution in [2.75, 3.05) is 13.7 Å². The van der Waals surface area contributed by atoms with Crippen molar-refractivity contribution in [2.45, 2.75) is 12.5 Å². The fourth-order valence-corrected chi connectivity index (χ4v) is 2.09. The van der Waals surface area contributed by atoms with E-state index in [1.807, 2.05) is 24.3 Å². The molecule has 6 nitrogen and oxygen atoms in total. The van der Waals surface area contributed by atoms with Gasteiger partial charge in [-0.15, -0.1) is 0 Å². The van der Waals surface area contributed by atoms with Gasteiger partial charge >= 0.3 is 0 Å². The van der Waals surface area contributed by atoms with E-state index < -0.39 is 5.60 Å². The smallest absolute Gasteiger partial charge is 0.244 e. The van der Waals surface area contributed by atoms with E-state index in [9.17, 15) is 9.90 Å². The van der Waals surface area contributed by atoms with Gasteiger partial charge in [0, 0.05) is 30.4 Å². The standard InChI is InChI=1S/C17H21N3O3/c1-17(22,14-10-19-20(2)11-14)12-18-16(21)9-8-13-6-4-5-7-15(13)23-3/h4-11,22H,12H2,1-3H3,(H,18,21). The fourth-order valence-electron chi connectivity index (χ4n) is 2.09. The minimum absolute atomic E-state index is 0.0911. The van der Waals surface area contributed by atoms with Crippen LogP contribution in [0, 0.1) is 0 Å². The number of para-hydroxylation sites is 1. The summed E-state index contributed by atoms with van der Waals surface area (Å²) in [5.74, 6) is 0.402. The maximum atomic E-state index is 11.9. The van der Waals surface area contributed by atoms with Crippen LogP contribution in [-0.2, 0) is 17.4 Å². The van der Waals surface area contributed by atoms with Gasteiger partial charge in [-0.25, -0.2) is 0 Å². The second-order valence-corrected chi connectivity index (χ2v) is 5.47. The summed E-state index contributed by atoms with van der Waals surface area (Å²) in [5, 5.41) is 17.1. The molecular weight excluding hydrogens is 294 g/mol. The predicted octanol–water partition coefficient (Wildman–Crippen LogP) is 1.47. The Morgan fingerprint density at radius 1 is 1.48 bits per heavy atom. The highest BCUT2D eigenvalue weighted by molar-refractivity contribution is 5.92. The Kier molecular flexibility index (Phi) is 5.18. The van der Waals surface area contributed by atoms with Crippen molar-refractivity contribution in [3.8, 4) is 5.75 Å². The number of hydrogen-bond acceptors (Lipinski definition) is 4. The van der Waals surface area contributed by atoms with Crippen molar-refractivity contribution in [1.82, 2.24) is 15.1 Å². The molecule has 23 heavy (non-hydrogen) atoms. The van der Waals surface area contributed by atoms with Crippen LogP contribution < -0.4 is 10.1 Å². The van der Waals surface area contributed by atoms with Crippen molar-refractivity contribution >= 4 is 12.0 Å². The molecule has 0 radical (unpaired) electrons. The molecular formula is C17H21N3O3. The SMILES string of the molecule is COc1ccccc1C=CC(=O)NCC(C)(O)c1cnn(C)c1. The average Bonchev–Trinajstić information content (AvgIpc) is 2.98. The number of nitrogens with one attached hydrogen (secondary N) is 1. The van der Waals surface area contributed by atoms with Gasteiger partial charge in [-0.1, -0.05) is 18.2 Å². The molecule has 1 atom stereocenters. The molecule has 0 bridgehead atoms. The average molecular weight is 315 g/mol. The Balaban J connectivity index is 1.96. The summed E-state index contributed by atoms with van der Waals surface area (Å²) in [4.78, 5) is 11.9. The molecule has 0 saturated carbocycles. The zero-order valence-corrected chi connectivity index (χ0v) is 13.5. The predicted molar refractivity (Wildman–Crippen MR) is 87.8 cm³/mol. The van der Waals surface area contributed by atoms with Crippen LogP contribution in [0.15, 0.2) is 42.7 Å². The maximum Gasteiger partial charge on any atom is 0.244 e. The summed E-state index contributed by atoms with van der Waals surface area (Å²) in [7, 11) is 3.35. The number of benzene rings is 1. The van der Waals surface area contributed by atoms with Crippen LogP contribution in [0.1, 0.15) is 18.1 Å². The van der Waals surface area contributed by atoms with Crippen LogP contribution in [0.4, 0.5) is 0 Å². The van der Waals surface area contributed by atoms with E-state index in [2.05, 4.69) is 10.4 Å². The molecule has 1 unspecified atom stereocenters. The number of aromatic nitrogens is 2. The van der Waals surface area contributed by atoms with Crippen LogP contribution in [0.25, 0.3) is 6.08 Å². The van der Waals surface area contributed by atoms with E-state index in [0.717, 1.165) is 5.56 Å². The summed E-state index contributed by atoms with van der Waals surface area (Å²) in [6.45, 7) is 1.72. The summed E-state index contributed by atoms with van der Waals surface area (Å²) in [6, 6.07) is 7.41. The minimum Gasteiger partial charge on any atom is -0.496 e. The quantitative estimate of drug-likeness (QED) is 0.792. The molecule has 2 N–H and O–H groups in total. The number of aliphatic hydroxyl groups is 1. The first-order valence-corrected chi connectivity index (χ1v) is 7.23. The number of rotatable bonds is 6. The highest BCUT2D eigenvalue weighted by atomic mass is 16.5. The number of ether oxygens (including phenoxy) is 1. The van der Waals surface area contributed by atoms with Crippen LogP contribution in [-0.4, -0.2) is 34.4 Å². The van der Waals surface area contributed by atoms with E-state index in [1.165, 1.54) is 6.08 Å². The molecule has 1 amide bonds. The van der Waals surface area contributed by atoms with Gasteiger partial charge in [0.15, 0.2) is 0 Å². The number of methoxy groups -OCH3 is 1. The fraction of sp³-hybridized carbons (Fsp3) is 0.294. The minimum atomic E-state index is -1.18. The Hall–Kier alpha value is -2.60. The molecule has 1 aromatic heterocycles. The molecule has 0 aliphatic heterocycles. The van der Waals surface area contributed by atoms with Gasteiger partial charge in [-0.05, 0) is 19.1 Å². The number of carbonyl (C=O) groups is 1. The van der Waals surface area contributed by atoms with Crippen LogP contribution in [0.2, 0.25) is 0 Å². The highest BCUT2D eigenvalue weighted by Gasteiger charge is 2.24. The van der Waals surface area contributed by atoms with E-state index in [0.29, 0.717) is 11.3 Å². The van der Waals surface area contributed by atoms with Crippen molar-refractivity contribution in [1.29, 1.82) is 0 Å². The largest absolute Gasteiger partial charge is 0.496 e.